The number of aromatic nitrogens is 3. The van der Waals surface area contributed by atoms with Gasteiger partial charge in [0.05, 0.1) is 23.1 Å². The molecule has 3 heterocycles. The van der Waals surface area contributed by atoms with Crippen molar-refractivity contribution in [2.75, 3.05) is 10.6 Å². The standard InChI is InChI=1S/C16H14FN5O2S/c1-9-5-6-18-8-12(9)21-15-14(20-10(2)25-15)24-16(23)22-13-4-3-11(17)7-19-13/h3-8,21H,1-2H3,(H,19,22,23). The highest BCUT2D eigenvalue weighted by atomic mass is 32.1. The van der Waals surface area contributed by atoms with Crippen molar-refractivity contribution < 1.29 is 13.9 Å². The van der Waals surface area contributed by atoms with E-state index in [4.69, 9.17) is 4.74 Å². The Labute approximate surface area is 146 Å². The van der Waals surface area contributed by atoms with Gasteiger partial charge in [-0.3, -0.25) is 10.3 Å². The number of hydrogen-bond donors (Lipinski definition) is 2. The Balaban J connectivity index is 1.73. The summed E-state index contributed by atoms with van der Waals surface area (Å²) in [5.74, 6) is -0.173. The van der Waals surface area contributed by atoms with Crippen LogP contribution in [0.3, 0.4) is 0 Å². The molecule has 0 aliphatic rings. The predicted molar refractivity (Wildman–Crippen MR) is 92.9 cm³/mol. The van der Waals surface area contributed by atoms with Crippen molar-refractivity contribution in [1.29, 1.82) is 0 Å². The van der Waals surface area contributed by atoms with Crippen molar-refractivity contribution in [3.05, 3.63) is 53.2 Å². The first-order valence-electron chi connectivity index (χ1n) is 7.27. The molecule has 3 aromatic rings. The molecule has 0 atom stereocenters. The Morgan fingerprint density at radius 1 is 1.24 bits per heavy atom. The average Bonchev–Trinajstić information content (AvgIpc) is 2.91. The summed E-state index contributed by atoms with van der Waals surface area (Å²) in [7, 11) is 0. The van der Waals surface area contributed by atoms with Crippen molar-refractivity contribution in [3.8, 4) is 5.88 Å². The Kier molecular flexibility index (Phi) is 4.85. The minimum atomic E-state index is -0.768. The lowest BCUT2D eigenvalue weighted by molar-refractivity contribution is 0.213. The Morgan fingerprint density at radius 2 is 2.08 bits per heavy atom. The van der Waals surface area contributed by atoms with Crippen LogP contribution < -0.4 is 15.4 Å². The van der Waals surface area contributed by atoms with Crippen molar-refractivity contribution in [2.45, 2.75) is 13.8 Å². The molecule has 0 bridgehead atoms. The first kappa shape index (κ1) is 16.8. The minimum Gasteiger partial charge on any atom is -0.388 e. The van der Waals surface area contributed by atoms with Gasteiger partial charge in [0.2, 0.25) is 0 Å². The number of anilines is 3. The molecule has 7 nitrogen and oxygen atoms in total. The van der Waals surface area contributed by atoms with Crippen LogP contribution in [0.5, 0.6) is 5.88 Å². The largest absolute Gasteiger partial charge is 0.419 e. The van der Waals surface area contributed by atoms with E-state index in [9.17, 15) is 9.18 Å². The molecular formula is C16H14FN5O2S. The molecule has 1 amide bonds. The van der Waals surface area contributed by atoms with Gasteiger partial charge >= 0.3 is 6.09 Å². The van der Waals surface area contributed by atoms with Gasteiger partial charge in [-0.05, 0) is 37.6 Å². The first-order chi connectivity index (χ1) is 12.0. The highest BCUT2D eigenvalue weighted by Gasteiger charge is 2.16. The topological polar surface area (TPSA) is 89.0 Å². The summed E-state index contributed by atoms with van der Waals surface area (Å²) >= 11 is 1.35. The van der Waals surface area contributed by atoms with Crippen molar-refractivity contribution in [2.24, 2.45) is 0 Å². The molecule has 3 aromatic heterocycles. The molecule has 0 unspecified atom stereocenters. The average molecular weight is 359 g/mol. The summed E-state index contributed by atoms with van der Waals surface area (Å²) in [6.45, 7) is 3.74. The minimum absolute atomic E-state index is 0.144. The number of carbonyl (C=O) groups excluding carboxylic acids is 1. The number of ether oxygens (including phenoxy) is 1. The van der Waals surface area contributed by atoms with Crippen LogP contribution in [0.1, 0.15) is 10.6 Å². The van der Waals surface area contributed by atoms with Crippen LogP contribution in [0.15, 0.2) is 36.8 Å². The number of rotatable bonds is 4. The van der Waals surface area contributed by atoms with Gasteiger partial charge in [0.25, 0.3) is 5.88 Å². The van der Waals surface area contributed by atoms with Gasteiger partial charge in [-0.1, -0.05) is 11.3 Å². The van der Waals surface area contributed by atoms with E-state index in [2.05, 4.69) is 25.6 Å². The lowest BCUT2D eigenvalue weighted by Gasteiger charge is -2.09. The number of aryl methyl sites for hydroxylation is 2. The molecule has 25 heavy (non-hydrogen) atoms. The molecule has 0 saturated heterocycles. The van der Waals surface area contributed by atoms with E-state index in [1.807, 2.05) is 13.0 Å². The van der Waals surface area contributed by atoms with E-state index in [1.165, 1.54) is 23.5 Å². The molecule has 0 fully saturated rings. The highest BCUT2D eigenvalue weighted by Crippen LogP contribution is 2.34. The second-order valence-electron chi connectivity index (χ2n) is 5.06. The fraction of sp³-hybridized carbons (Fsp3) is 0.125. The molecule has 0 aliphatic heterocycles. The quantitative estimate of drug-likeness (QED) is 0.731. The third-order valence-corrected chi connectivity index (χ3v) is 4.00. The lowest BCUT2D eigenvalue weighted by Crippen LogP contribution is -2.18. The summed E-state index contributed by atoms with van der Waals surface area (Å²) in [6.07, 6.45) is 3.60. The molecule has 0 saturated carbocycles. The van der Waals surface area contributed by atoms with Gasteiger partial charge < -0.3 is 10.1 Å². The van der Waals surface area contributed by atoms with Crippen LogP contribution in [-0.2, 0) is 0 Å². The van der Waals surface area contributed by atoms with Gasteiger partial charge in [-0.25, -0.2) is 19.2 Å². The molecule has 0 radical (unpaired) electrons. The number of nitrogens with one attached hydrogen (secondary N) is 2. The molecule has 0 aliphatic carbocycles. The molecule has 128 valence electrons. The summed E-state index contributed by atoms with van der Waals surface area (Å²) < 4.78 is 18.1. The van der Waals surface area contributed by atoms with Gasteiger partial charge in [-0.15, -0.1) is 0 Å². The highest BCUT2D eigenvalue weighted by molar-refractivity contribution is 7.16. The van der Waals surface area contributed by atoms with E-state index < -0.39 is 11.9 Å². The molecule has 0 spiro atoms. The lowest BCUT2D eigenvalue weighted by atomic mass is 10.2. The van der Waals surface area contributed by atoms with E-state index in [-0.39, 0.29) is 11.7 Å². The molecule has 0 aromatic carbocycles. The van der Waals surface area contributed by atoms with E-state index in [0.29, 0.717) is 5.00 Å². The maximum Gasteiger partial charge on any atom is 0.419 e. The van der Waals surface area contributed by atoms with Crippen molar-refractivity contribution >= 4 is 33.9 Å². The zero-order valence-electron chi connectivity index (χ0n) is 13.4. The van der Waals surface area contributed by atoms with Crippen LogP contribution >= 0.6 is 11.3 Å². The molecular weight excluding hydrogens is 345 g/mol. The van der Waals surface area contributed by atoms with E-state index in [1.54, 1.807) is 19.3 Å². The Hall–Kier alpha value is -3.07. The second kappa shape index (κ2) is 7.22. The maximum absolute atomic E-state index is 12.8. The summed E-state index contributed by atoms with van der Waals surface area (Å²) in [4.78, 5) is 24.0. The number of pyridine rings is 2. The van der Waals surface area contributed by atoms with Crippen molar-refractivity contribution in [1.82, 2.24) is 15.0 Å². The molecule has 3 rings (SSSR count). The zero-order chi connectivity index (χ0) is 17.8. The van der Waals surface area contributed by atoms with Crippen LogP contribution in [-0.4, -0.2) is 21.0 Å². The predicted octanol–water partition coefficient (Wildman–Crippen LogP) is 4.04. The number of halogens is 1. The fourth-order valence-corrected chi connectivity index (χ4v) is 2.70. The summed E-state index contributed by atoms with van der Waals surface area (Å²) in [6, 6.07) is 4.39. The van der Waals surface area contributed by atoms with Crippen LogP contribution in [0, 0.1) is 19.7 Å². The van der Waals surface area contributed by atoms with Gasteiger partial charge in [0, 0.05) is 6.20 Å². The number of nitrogens with zero attached hydrogens (tertiary/aromatic N) is 3. The van der Waals surface area contributed by atoms with Crippen LogP contribution in [0.4, 0.5) is 25.7 Å². The van der Waals surface area contributed by atoms with Crippen LogP contribution in [0.25, 0.3) is 0 Å². The summed E-state index contributed by atoms with van der Waals surface area (Å²) in [5, 5.41) is 6.88. The van der Waals surface area contributed by atoms with E-state index >= 15 is 0 Å². The maximum atomic E-state index is 12.8. The number of carbonyl (C=O) groups is 1. The number of amides is 1. The third kappa shape index (κ3) is 4.27. The van der Waals surface area contributed by atoms with Gasteiger partial charge in [-0.2, -0.15) is 0 Å². The number of hydrogen-bond acceptors (Lipinski definition) is 7. The van der Waals surface area contributed by atoms with Crippen LogP contribution in [0.2, 0.25) is 0 Å². The van der Waals surface area contributed by atoms with Gasteiger partial charge in [0.15, 0.2) is 5.00 Å². The first-order valence-corrected chi connectivity index (χ1v) is 8.08. The fourth-order valence-electron chi connectivity index (χ4n) is 1.94. The SMILES string of the molecule is Cc1nc(OC(=O)Nc2ccc(F)cn2)c(Nc2cnccc2C)s1. The van der Waals surface area contributed by atoms with E-state index in [0.717, 1.165) is 22.5 Å². The normalized spacial score (nSPS) is 10.4. The Morgan fingerprint density at radius 3 is 2.80 bits per heavy atom. The number of thiazole rings is 1. The smallest absolute Gasteiger partial charge is 0.388 e. The zero-order valence-corrected chi connectivity index (χ0v) is 14.2. The van der Waals surface area contributed by atoms with Gasteiger partial charge in [0.1, 0.15) is 11.6 Å². The van der Waals surface area contributed by atoms with Crippen molar-refractivity contribution in [3.63, 3.8) is 0 Å². The molecule has 2 N–H and O–H groups in total. The Bertz CT molecular complexity index is 898. The second-order valence-corrected chi connectivity index (χ2v) is 6.26. The monoisotopic (exact) mass is 359 g/mol. The third-order valence-electron chi connectivity index (χ3n) is 3.14. The summed E-state index contributed by atoms with van der Waals surface area (Å²) in [5.41, 5.74) is 1.78. The molecule has 9 heteroatoms.